The Hall–Kier alpha value is -1.06. The van der Waals surface area contributed by atoms with Crippen LogP contribution in [0.5, 0.6) is 5.75 Å². The van der Waals surface area contributed by atoms with Crippen LogP contribution in [-0.2, 0) is 4.74 Å². The summed E-state index contributed by atoms with van der Waals surface area (Å²) in [5.41, 5.74) is 1.23. The van der Waals surface area contributed by atoms with E-state index in [1.54, 1.807) is 7.11 Å². The maximum Gasteiger partial charge on any atom is 0.124 e. The molecular weight excluding hydrogens is 214 g/mol. The number of rotatable bonds is 8. The minimum Gasteiger partial charge on any atom is -0.491 e. The second kappa shape index (κ2) is 8.09. The normalized spacial score (nSPS) is 12.4. The van der Waals surface area contributed by atoms with Gasteiger partial charge in [0.05, 0.1) is 6.61 Å². The van der Waals surface area contributed by atoms with Crippen LogP contribution in [0.2, 0.25) is 0 Å². The Balaban J connectivity index is 2.74. The van der Waals surface area contributed by atoms with E-state index in [2.05, 4.69) is 24.4 Å². The van der Waals surface area contributed by atoms with E-state index in [4.69, 9.17) is 9.47 Å². The summed E-state index contributed by atoms with van der Waals surface area (Å²) in [6.45, 7) is 3.40. The second-order valence-corrected chi connectivity index (χ2v) is 4.01. The van der Waals surface area contributed by atoms with Crippen molar-refractivity contribution < 1.29 is 9.47 Å². The van der Waals surface area contributed by atoms with Crippen molar-refractivity contribution >= 4 is 0 Å². The summed E-state index contributed by atoms with van der Waals surface area (Å²) in [4.78, 5) is 0. The van der Waals surface area contributed by atoms with Crippen LogP contribution in [0.15, 0.2) is 24.3 Å². The highest BCUT2D eigenvalue weighted by Gasteiger charge is 2.12. The third-order valence-corrected chi connectivity index (χ3v) is 2.77. The number of benzene rings is 1. The lowest BCUT2D eigenvalue weighted by molar-refractivity contribution is 0.145. The van der Waals surface area contributed by atoms with Crippen LogP contribution in [0.4, 0.5) is 0 Å². The molecule has 0 amide bonds. The number of para-hydroxylation sites is 1. The van der Waals surface area contributed by atoms with E-state index in [-0.39, 0.29) is 0 Å². The Morgan fingerprint density at radius 2 is 2.00 bits per heavy atom. The third kappa shape index (κ3) is 4.36. The van der Waals surface area contributed by atoms with Crippen LogP contribution in [-0.4, -0.2) is 27.4 Å². The molecule has 0 aliphatic rings. The van der Waals surface area contributed by atoms with Crippen LogP contribution in [0.3, 0.4) is 0 Å². The van der Waals surface area contributed by atoms with E-state index in [0.29, 0.717) is 19.3 Å². The molecule has 0 fully saturated rings. The Bertz CT molecular complexity index is 315. The maximum atomic E-state index is 5.74. The van der Waals surface area contributed by atoms with Gasteiger partial charge in [-0.15, -0.1) is 0 Å². The Labute approximate surface area is 104 Å². The lowest BCUT2D eigenvalue weighted by Crippen LogP contribution is -2.17. The molecule has 1 aromatic rings. The first-order valence-electron chi connectivity index (χ1n) is 6.21. The minimum atomic E-state index is 0.360. The average Bonchev–Trinajstić information content (AvgIpc) is 2.37. The molecule has 1 aromatic carbocycles. The van der Waals surface area contributed by atoms with Crippen LogP contribution in [0, 0.1) is 0 Å². The molecule has 0 heterocycles. The number of methoxy groups -OCH3 is 1. The summed E-state index contributed by atoms with van der Waals surface area (Å²) >= 11 is 0. The summed E-state index contributed by atoms with van der Waals surface area (Å²) in [6, 6.07) is 8.56. The molecule has 1 atom stereocenters. The fourth-order valence-corrected chi connectivity index (χ4v) is 1.88. The van der Waals surface area contributed by atoms with Crippen LogP contribution < -0.4 is 10.1 Å². The first-order chi connectivity index (χ1) is 8.33. The second-order valence-electron chi connectivity index (χ2n) is 4.01. The van der Waals surface area contributed by atoms with Crippen molar-refractivity contribution in [3.05, 3.63) is 29.8 Å². The van der Waals surface area contributed by atoms with Crippen molar-refractivity contribution in [2.45, 2.75) is 25.8 Å². The van der Waals surface area contributed by atoms with Crippen LogP contribution >= 0.6 is 0 Å². The van der Waals surface area contributed by atoms with E-state index >= 15 is 0 Å². The van der Waals surface area contributed by atoms with Gasteiger partial charge in [-0.05, 0) is 19.5 Å². The van der Waals surface area contributed by atoms with Gasteiger partial charge in [0.2, 0.25) is 0 Å². The van der Waals surface area contributed by atoms with Crippen molar-refractivity contribution in [2.24, 2.45) is 0 Å². The lowest BCUT2D eigenvalue weighted by atomic mass is 10.0. The number of ether oxygens (including phenoxy) is 2. The smallest absolute Gasteiger partial charge is 0.124 e. The molecule has 0 saturated carbocycles. The topological polar surface area (TPSA) is 30.5 Å². The molecule has 0 saturated heterocycles. The predicted molar refractivity (Wildman–Crippen MR) is 70.5 cm³/mol. The third-order valence-electron chi connectivity index (χ3n) is 2.77. The van der Waals surface area contributed by atoms with Gasteiger partial charge in [-0.25, -0.2) is 0 Å². The Morgan fingerprint density at radius 3 is 2.65 bits per heavy atom. The van der Waals surface area contributed by atoms with Gasteiger partial charge < -0.3 is 14.8 Å². The highest BCUT2D eigenvalue weighted by molar-refractivity contribution is 5.35. The average molecular weight is 237 g/mol. The molecule has 0 spiro atoms. The van der Waals surface area contributed by atoms with E-state index < -0.39 is 0 Å². The highest BCUT2D eigenvalue weighted by Crippen LogP contribution is 2.27. The Kier molecular flexibility index (Phi) is 6.67. The van der Waals surface area contributed by atoms with Crippen molar-refractivity contribution in [2.75, 3.05) is 27.4 Å². The van der Waals surface area contributed by atoms with Gasteiger partial charge >= 0.3 is 0 Å². The Morgan fingerprint density at radius 1 is 1.24 bits per heavy atom. The molecule has 1 unspecified atom stereocenters. The zero-order chi connectivity index (χ0) is 12.5. The fourth-order valence-electron chi connectivity index (χ4n) is 1.88. The predicted octanol–water partition coefficient (Wildman–Crippen LogP) is 2.77. The van der Waals surface area contributed by atoms with Gasteiger partial charge in [0.25, 0.3) is 0 Å². The highest BCUT2D eigenvalue weighted by atomic mass is 16.5. The zero-order valence-electron chi connectivity index (χ0n) is 11.0. The molecule has 0 aliphatic heterocycles. The molecule has 0 radical (unpaired) electrons. The minimum absolute atomic E-state index is 0.360. The molecule has 0 aliphatic carbocycles. The summed E-state index contributed by atoms with van der Waals surface area (Å²) in [6.07, 6.45) is 2.26. The molecule has 96 valence electrons. The van der Waals surface area contributed by atoms with Gasteiger partial charge in [0.15, 0.2) is 0 Å². The quantitative estimate of drug-likeness (QED) is 0.705. The van der Waals surface area contributed by atoms with Crippen molar-refractivity contribution in [1.29, 1.82) is 0 Å². The molecule has 3 heteroatoms. The van der Waals surface area contributed by atoms with Crippen molar-refractivity contribution in [3.63, 3.8) is 0 Å². The van der Waals surface area contributed by atoms with Crippen molar-refractivity contribution in [1.82, 2.24) is 5.32 Å². The van der Waals surface area contributed by atoms with E-state index in [1.165, 1.54) is 5.56 Å². The number of hydrogen-bond donors (Lipinski definition) is 1. The maximum absolute atomic E-state index is 5.74. The van der Waals surface area contributed by atoms with Crippen LogP contribution in [0.1, 0.15) is 31.4 Å². The first-order valence-corrected chi connectivity index (χ1v) is 6.21. The van der Waals surface area contributed by atoms with Gasteiger partial charge in [-0.3, -0.25) is 0 Å². The molecule has 1 rings (SSSR count). The molecular formula is C14H23NO2. The summed E-state index contributed by atoms with van der Waals surface area (Å²) in [5.74, 6) is 0.956. The summed E-state index contributed by atoms with van der Waals surface area (Å²) in [5, 5.41) is 3.34. The molecule has 1 N–H and O–H groups in total. The standard InChI is InChI=1S/C14H23NO2/c1-4-7-13(15-2)12-8-5-6-9-14(12)17-11-10-16-3/h5-6,8-9,13,15H,4,7,10-11H2,1-3H3. The lowest BCUT2D eigenvalue weighted by Gasteiger charge is -2.19. The van der Waals surface area contributed by atoms with E-state index in [0.717, 1.165) is 18.6 Å². The molecule has 0 bridgehead atoms. The number of hydrogen-bond acceptors (Lipinski definition) is 3. The number of nitrogens with one attached hydrogen (secondary N) is 1. The van der Waals surface area contributed by atoms with E-state index in [1.807, 2.05) is 19.2 Å². The SMILES string of the molecule is CCCC(NC)c1ccccc1OCCOC. The summed E-state index contributed by atoms with van der Waals surface area (Å²) in [7, 11) is 3.68. The van der Waals surface area contributed by atoms with Crippen LogP contribution in [0.25, 0.3) is 0 Å². The molecule has 0 aromatic heterocycles. The summed E-state index contributed by atoms with van der Waals surface area (Å²) < 4.78 is 10.7. The van der Waals surface area contributed by atoms with E-state index in [9.17, 15) is 0 Å². The molecule has 17 heavy (non-hydrogen) atoms. The van der Waals surface area contributed by atoms with Gasteiger partial charge in [-0.1, -0.05) is 31.5 Å². The fraction of sp³-hybridized carbons (Fsp3) is 0.571. The van der Waals surface area contributed by atoms with Gasteiger partial charge in [-0.2, -0.15) is 0 Å². The zero-order valence-corrected chi connectivity index (χ0v) is 11.0. The van der Waals surface area contributed by atoms with Crippen molar-refractivity contribution in [3.8, 4) is 5.75 Å². The first kappa shape index (κ1) is 14.0. The largest absolute Gasteiger partial charge is 0.491 e. The van der Waals surface area contributed by atoms with Gasteiger partial charge in [0, 0.05) is 18.7 Å². The molecule has 3 nitrogen and oxygen atoms in total. The monoisotopic (exact) mass is 237 g/mol. The van der Waals surface area contributed by atoms with Gasteiger partial charge in [0.1, 0.15) is 12.4 Å².